The first-order chi connectivity index (χ1) is 13.4. The van der Waals surface area contributed by atoms with Crippen LogP contribution in [0.15, 0.2) is 42.7 Å². The van der Waals surface area contributed by atoms with E-state index < -0.39 is 5.60 Å². The Bertz CT molecular complexity index is 984. The number of pyridine rings is 1. The number of fused-ring (bicyclic) bond motifs is 1. The number of aromatic nitrogens is 2. The molecule has 1 amide bonds. The van der Waals surface area contributed by atoms with Gasteiger partial charge in [0.25, 0.3) is 0 Å². The summed E-state index contributed by atoms with van der Waals surface area (Å²) in [5.41, 5.74) is 0.0584. The quantitative estimate of drug-likeness (QED) is 0.661. The molecule has 0 atom stereocenters. The van der Waals surface area contributed by atoms with Gasteiger partial charge in [-0.05, 0) is 38.8 Å². The van der Waals surface area contributed by atoms with E-state index in [1.54, 1.807) is 26.2 Å². The smallest absolute Gasteiger partial charge is 0.229 e. The van der Waals surface area contributed by atoms with Crippen molar-refractivity contribution in [1.29, 1.82) is 0 Å². The van der Waals surface area contributed by atoms with Crippen LogP contribution in [0.5, 0.6) is 5.75 Å². The van der Waals surface area contributed by atoms with Crippen molar-refractivity contribution in [3.05, 3.63) is 47.6 Å². The highest BCUT2D eigenvalue weighted by atomic mass is 32.1. The Morgan fingerprint density at radius 3 is 2.86 bits per heavy atom. The number of anilines is 1. The second-order valence-electron chi connectivity index (χ2n) is 7.85. The number of amides is 1. The van der Waals surface area contributed by atoms with Gasteiger partial charge >= 0.3 is 0 Å². The number of rotatable bonds is 6. The highest BCUT2D eigenvalue weighted by Gasteiger charge is 2.36. The minimum atomic E-state index is -0.789. The molecule has 1 fully saturated rings. The van der Waals surface area contributed by atoms with Crippen LogP contribution < -0.4 is 10.1 Å². The number of hydrogen-bond donors (Lipinski definition) is 2. The summed E-state index contributed by atoms with van der Waals surface area (Å²) >= 11 is 1.40. The zero-order valence-electron chi connectivity index (χ0n) is 15.9. The molecule has 28 heavy (non-hydrogen) atoms. The molecule has 146 valence electrons. The molecule has 1 aliphatic rings. The molecule has 0 unspecified atom stereocenters. The van der Waals surface area contributed by atoms with Gasteiger partial charge in [0.1, 0.15) is 17.4 Å². The number of benzene rings is 1. The average molecular weight is 398 g/mol. The lowest BCUT2D eigenvalue weighted by Gasteiger charge is -2.34. The van der Waals surface area contributed by atoms with Gasteiger partial charge in [0.2, 0.25) is 5.91 Å². The highest BCUT2D eigenvalue weighted by molar-refractivity contribution is 7.15. The summed E-state index contributed by atoms with van der Waals surface area (Å²) in [5.74, 6) is 0.660. The van der Waals surface area contributed by atoms with Crippen LogP contribution in [0.25, 0.3) is 10.9 Å². The highest BCUT2D eigenvalue weighted by Crippen LogP contribution is 2.35. The number of nitrogens with zero attached hydrogens (tertiary/aromatic N) is 2. The molecule has 7 heteroatoms. The Morgan fingerprint density at radius 2 is 2.07 bits per heavy atom. The van der Waals surface area contributed by atoms with Crippen molar-refractivity contribution in [1.82, 2.24) is 9.97 Å². The van der Waals surface area contributed by atoms with Crippen molar-refractivity contribution in [2.75, 3.05) is 5.32 Å². The Balaban J connectivity index is 1.31. The maximum atomic E-state index is 12.4. The monoisotopic (exact) mass is 397 g/mol. The van der Waals surface area contributed by atoms with E-state index in [-0.39, 0.29) is 17.9 Å². The van der Waals surface area contributed by atoms with Crippen LogP contribution >= 0.6 is 11.3 Å². The Morgan fingerprint density at radius 1 is 1.29 bits per heavy atom. The van der Waals surface area contributed by atoms with Crippen LogP contribution in [0.3, 0.4) is 0 Å². The van der Waals surface area contributed by atoms with Gasteiger partial charge in [-0.25, -0.2) is 4.98 Å². The molecular weight excluding hydrogens is 374 g/mol. The molecular formula is C21H23N3O3S. The number of thiazole rings is 1. The van der Waals surface area contributed by atoms with Crippen molar-refractivity contribution in [2.24, 2.45) is 5.92 Å². The summed E-state index contributed by atoms with van der Waals surface area (Å²) in [6.07, 6.45) is 5.35. The Labute approximate surface area is 167 Å². The average Bonchev–Trinajstić information content (AvgIpc) is 3.02. The number of ether oxygens (including phenoxy) is 1. The third kappa shape index (κ3) is 4.31. The van der Waals surface area contributed by atoms with Gasteiger partial charge < -0.3 is 15.2 Å². The molecule has 2 N–H and O–H groups in total. The predicted molar refractivity (Wildman–Crippen MR) is 110 cm³/mol. The van der Waals surface area contributed by atoms with Crippen molar-refractivity contribution in [3.63, 3.8) is 0 Å². The number of nitrogens with one attached hydrogen (secondary N) is 1. The first kappa shape index (κ1) is 18.8. The van der Waals surface area contributed by atoms with Crippen LogP contribution in [-0.4, -0.2) is 32.7 Å². The minimum Gasteiger partial charge on any atom is -0.488 e. The fraction of sp³-hybridized carbons (Fsp3) is 0.381. The predicted octanol–water partition coefficient (Wildman–Crippen LogP) is 3.80. The van der Waals surface area contributed by atoms with Crippen molar-refractivity contribution in [2.45, 2.75) is 44.8 Å². The van der Waals surface area contributed by atoms with E-state index in [4.69, 9.17) is 4.74 Å². The first-order valence-corrected chi connectivity index (χ1v) is 10.2. The lowest BCUT2D eigenvalue weighted by molar-refractivity contribution is -0.125. The van der Waals surface area contributed by atoms with E-state index in [9.17, 15) is 9.90 Å². The Kier molecular flexibility index (Phi) is 5.03. The molecule has 1 saturated carbocycles. The molecule has 1 aliphatic carbocycles. The van der Waals surface area contributed by atoms with Crippen LogP contribution in [0.2, 0.25) is 0 Å². The zero-order valence-corrected chi connectivity index (χ0v) is 16.7. The Hall–Kier alpha value is -2.51. The van der Waals surface area contributed by atoms with E-state index >= 15 is 0 Å². The molecule has 1 aromatic carbocycles. The standard InChI is InChI=1S/C21H23N3O3S/c1-21(2,26)11-16-12-23-20(28-16)24-19(25)14-9-15(10-14)27-17-7-3-5-13-6-4-8-22-18(13)17/h3-8,12,14-15,26H,9-11H2,1-2H3,(H,23,24,25)/t14-,15-. The number of aliphatic hydroxyl groups is 1. The van der Waals surface area contributed by atoms with Gasteiger partial charge in [-0.3, -0.25) is 9.78 Å². The van der Waals surface area contributed by atoms with Gasteiger partial charge in [0, 0.05) is 35.0 Å². The second-order valence-corrected chi connectivity index (χ2v) is 8.96. The summed E-state index contributed by atoms with van der Waals surface area (Å²) < 4.78 is 6.07. The normalized spacial score (nSPS) is 19.2. The number of carbonyl (C=O) groups excluding carboxylic acids is 1. The SMILES string of the molecule is CC(C)(O)Cc1cnc(NC(=O)[C@H]2C[C@H](Oc3cccc4cccnc34)C2)s1. The zero-order chi connectivity index (χ0) is 19.7. The van der Waals surface area contributed by atoms with Gasteiger partial charge in [0.15, 0.2) is 5.13 Å². The molecule has 0 aliphatic heterocycles. The maximum Gasteiger partial charge on any atom is 0.229 e. The number of hydrogen-bond acceptors (Lipinski definition) is 6. The maximum absolute atomic E-state index is 12.4. The van der Waals surface area contributed by atoms with E-state index in [0.717, 1.165) is 21.5 Å². The second kappa shape index (κ2) is 7.48. The van der Waals surface area contributed by atoms with Crippen LogP contribution in [0, 0.1) is 5.92 Å². The van der Waals surface area contributed by atoms with Crippen molar-refractivity contribution < 1.29 is 14.6 Å². The van der Waals surface area contributed by atoms with E-state index in [1.165, 1.54) is 11.3 Å². The van der Waals surface area contributed by atoms with Gasteiger partial charge in [-0.15, -0.1) is 11.3 Å². The molecule has 0 bridgehead atoms. The van der Waals surface area contributed by atoms with Crippen LogP contribution in [0.1, 0.15) is 31.6 Å². The molecule has 0 radical (unpaired) electrons. The van der Waals surface area contributed by atoms with E-state index in [1.807, 2.05) is 30.3 Å². The molecule has 2 heterocycles. The number of para-hydroxylation sites is 1. The summed E-state index contributed by atoms with van der Waals surface area (Å²) in [5, 5.41) is 14.4. The summed E-state index contributed by atoms with van der Waals surface area (Å²) in [6, 6.07) is 9.79. The summed E-state index contributed by atoms with van der Waals surface area (Å²) in [7, 11) is 0. The first-order valence-electron chi connectivity index (χ1n) is 9.36. The molecule has 0 saturated heterocycles. The minimum absolute atomic E-state index is 0.0189. The fourth-order valence-electron chi connectivity index (χ4n) is 3.31. The van der Waals surface area contributed by atoms with Crippen molar-refractivity contribution >= 4 is 33.3 Å². The molecule has 6 nitrogen and oxygen atoms in total. The molecule has 2 aromatic heterocycles. The topological polar surface area (TPSA) is 84.3 Å². The largest absolute Gasteiger partial charge is 0.488 e. The third-order valence-corrected chi connectivity index (χ3v) is 5.66. The van der Waals surface area contributed by atoms with Gasteiger partial charge in [-0.1, -0.05) is 18.2 Å². The van der Waals surface area contributed by atoms with E-state index in [0.29, 0.717) is 24.4 Å². The van der Waals surface area contributed by atoms with Crippen LogP contribution in [0.4, 0.5) is 5.13 Å². The molecule has 4 rings (SSSR count). The molecule has 0 spiro atoms. The van der Waals surface area contributed by atoms with Gasteiger partial charge in [-0.2, -0.15) is 0 Å². The van der Waals surface area contributed by atoms with Gasteiger partial charge in [0.05, 0.1) is 5.60 Å². The lowest BCUT2D eigenvalue weighted by Crippen LogP contribution is -2.40. The van der Waals surface area contributed by atoms with Crippen molar-refractivity contribution in [3.8, 4) is 5.75 Å². The van der Waals surface area contributed by atoms with E-state index in [2.05, 4.69) is 15.3 Å². The lowest BCUT2D eigenvalue weighted by atomic mass is 9.81. The number of carbonyl (C=O) groups is 1. The van der Waals surface area contributed by atoms with Crippen LogP contribution in [-0.2, 0) is 11.2 Å². The molecule has 3 aromatic rings. The summed E-state index contributed by atoms with van der Waals surface area (Å²) in [6.45, 7) is 3.51. The summed E-state index contributed by atoms with van der Waals surface area (Å²) in [4.78, 5) is 22.0. The third-order valence-electron chi connectivity index (χ3n) is 4.75. The fourth-order valence-corrected chi connectivity index (χ4v) is 4.34.